The Bertz CT molecular complexity index is 2670. The van der Waals surface area contributed by atoms with Crippen LogP contribution in [0.15, 0.2) is 110 Å². The van der Waals surface area contributed by atoms with Crippen LogP contribution < -0.4 is 4.74 Å². The van der Waals surface area contributed by atoms with Gasteiger partial charge in [-0.1, -0.05) is 87.5 Å². The highest BCUT2D eigenvalue weighted by molar-refractivity contribution is 6.83. The fraction of sp³-hybridized carbons (Fsp3) is 0.419. The molecular weight excluding hydrogens is 901 g/mol. The zero-order valence-corrected chi connectivity index (χ0v) is 43.0. The topological polar surface area (TPSA) is 105 Å². The van der Waals surface area contributed by atoms with Gasteiger partial charge in [0.25, 0.3) is 0 Å². The van der Waals surface area contributed by atoms with Crippen molar-refractivity contribution in [3.8, 4) is 40.9 Å². The third-order valence-electron chi connectivity index (χ3n) is 13.9. The number of esters is 4. The van der Waals surface area contributed by atoms with Crippen LogP contribution in [0.5, 0.6) is 5.75 Å². The van der Waals surface area contributed by atoms with Crippen molar-refractivity contribution in [2.45, 2.75) is 128 Å². The number of hydrogen-bond acceptors (Lipinski definition) is 8. The summed E-state index contributed by atoms with van der Waals surface area (Å²) in [4.78, 5) is 51.1. The molecule has 2 bridgehead atoms. The van der Waals surface area contributed by atoms with Crippen LogP contribution >= 0.6 is 0 Å². The van der Waals surface area contributed by atoms with E-state index in [0.717, 1.165) is 73.3 Å². The zero-order chi connectivity index (χ0) is 50.2. The van der Waals surface area contributed by atoms with Gasteiger partial charge in [0.1, 0.15) is 13.8 Å². The lowest BCUT2D eigenvalue weighted by Crippen LogP contribution is -2.40. The molecule has 0 aliphatic heterocycles. The Kier molecular flexibility index (Phi) is 18.4. The Hall–Kier alpha value is -6.60. The molecule has 7 rings (SSSR count). The molecule has 0 spiro atoms. The van der Waals surface area contributed by atoms with Crippen LogP contribution in [-0.4, -0.2) is 50.8 Å². The number of hydrogen-bond donors (Lipinski definition) is 0. The highest BCUT2D eigenvalue weighted by atomic mass is 28.3. The first-order valence-electron chi connectivity index (χ1n) is 25.7. The molecule has 3 fully saturated rings. The summed E-state index contributed by atoms with van der Waals surface area (Å²) in [6.45, 7) is 13.0. The van der Waals surface area contributed by atoms with E-state index in [4.69, 9.17) is 18.9 Å². The minimum Gasteiger partial charge on any atom is -0.465 e. The van der Waals surface area contributed by atoms with Gasteiger partial charge in [-0.3, -0.25) is 9.59 Å². The lowest BCUT2D eigenvalue weighted by atomic mass is 9.76. The van der Waals surface area contributed by atoms with Gasteiger partial charge >= 0.3 is 23.9 Å². The van der Waals surface area contributed by atoms with Crippen molar-refractivity contribution in [3.05, 3.63) is 149 Å². The lowest BCUT2D eigenvalue weighted by Gasteiger charge is -2.36. The summed E-state index contributed by atoms with van der Waals surface area (Å²) in [6.07, 6.45) is 12.5. The van der Waals surface area contributed by atoms with Crippen molar-refractivity contribution >= 4 is 32.0 Å². The van der Waals surface area contributed by atoms with Crippen LogP contribution in [0.25, 0.3) is 0 Å². The number of ether oxygens (including phenoxy) is 4. The molecule has 4 aromatic carbocycles. The van der Waals surface area contributed by atoms with E-state index < -0.39 is 25.6 Å². The average Bonchev–Trinajstić information content (AvgIpc) is 3.96. The maximum atomic E-state index is 14.1. The Labute approximate surface area is 422 Å². The van der Waals surface area contributed by atoms with Gasteiger partial charge in [-0.05, 0) is 179 Å². The smallest absolute Gasteiger partial charge is 0.339 e. The molecule has 3 aliphatic rings. The van der Waals surface area contributed by atoms with E-state index in [1.165, 1.54) is 24.0 Å². The highest BCUT2D eigenvalue weighted by Crippen LogP contribution is 2.59. The van der Waals surface area contributed by atoms with Gasteiger partial charge in [0.15, 0.2) is 5.60 Å². The van der Waals surface area contributed by atoms with Crippen molar-refractivity contribution in [1.29, 1.82) is 0 Å². The largest absolute Gasteiger partial charge is 0.465 e. The van der Waals surface area contributed by atoms with E-state index in [1.54, 1.807) is 24.3 Å². The molecule has 0 saturated heterocycles. The summed E-state index contributed by atoms with van der Waals surface area (Å²) < 4.78 is 22.8. The third kappa shape index (κ3) is 15.2. The van der Waals surface area contributed by atoms with Gasteiger partial charge < -0.3 is 18.9 Å². The van der Waals surface area contributed by atoms with Gasteiger partial charge in [-0.25, -0.2) is 9.59 Å². The second-order valence-electron chi connectivity index (χ2n) is 20.5. The molecule has 0 N–H and O–H groups in total. The number of unbranched alkanes of at least 4 members (excludes halogenated alkanes) is 4. The Morgan fingerprint density at radius 3 is 1.77 bits per heavy atom. The fourth-order valence-corrected chi connectivity index (χ4v) is 10.4. The van der Waals surface area contributed by atoms with Gasteiger partial charge in [0.05, 0.1) is 30.6 Å². The Morgan fingerprint density at radius 2 is 1.23 bits per heavy atom. The van der Waals surface area contributed by atoms with Crippen molar-refractivity contribution in [1.82, 2.24) is 0 Å². The SMILES string of the molecule is C=CC(=O)OCCCCCCOC(=O)C1CCC(C(=O)Oc2ccc(C(=O)OC3(C#Cc4ccc(C#Cc5ccc(C#C[Si](C)(C)C)cc5)cc4)CC4CC3CC4c3ccc(CCCC)cc3)cc2)CC1. The van der Waals surface area contributed by atoms with Crippen LogP contribution in [0.1, 0.15) is 140 Å². The number of fused-ring (bicyclic) bond motifs is 2. The minimum atomic E-state index is -1.45. The first-order valence-corrected chi connectivity index (χ1v) is 29.2. The molecule has 3 aliphatic carbocycles. The second kappa shape index (κ2) is 25.0. The monoisotopic (exact) mass is 968 g/mol. The predicted octanol–water partition coefficient (Wildman–Crippen LogP) is 12.4. The standard InChI is InChI=1S/C62H68O8Si/c1-6-8-13-45-24-26-50(27-25-45)57-43-55-42-54(57)44-62(55,38-36-48-20-16-46(17-21-48)14-15-47-18-22-49(23-19-47)37-41-71(3,4)5)70-61(66)53-32-34-56(35-33-53)69-60(65)52-30-28-51(29-31-52)59(64)68-40-12-10-9-11-39-67-58(63)7-2/h7,16-27,32-35,51-52,54-55,57H,2,6,8-13,28-31,39-40,42-44H2,1,3-5H3. The molecule has 8 nitrogen and oxygen atoms in total. The molecule has 4 unspecified atom stereocenters. The van der Waals surface area contributed by atoms with E-state index >= 15 is 0 Å². The van der Waals surface area contributed by atoms with Crippen LogP contribution in [0, 0.1) is 58.8 Å². The van der Waals surface area contributed by atoms with Crippen molar-refractivity contribution < 1.29 is 38.1 Å². The maximum absolute atomic E-state index is 14.1. The van der Waals surface area contributed by atoms with Crippen molar-refractivity contribution in [2.75, 3.05) is 13.2 Å². The van der Waals surface area contributed by atoms with Crippen LogP contribution in [0.4, 0.5) is 0 Å². The van der Waals surface area contributed by atoms with Crippen LogP contribution in [-0.2, 0) is 35.0 Å². The van der Waals surface area contributed by atoms with Gasteiger partial charge in [0.2, 0.25) is 0 Å². The summed E-state index contributed by atoms with van der Waals surface area (Å²) in [5, 5.41) is 0. The molecule has 3 saturated carbocycles. The second-order valence-corrected chi connectivity index (χ2v) is 25.2. The molecule has 9 heteroatoms. The molecule has 0 radical (unpaired) electrons. The van der Waals surface area contributed by atoms with Gasteiger partial charge in [-0.2, -0.15) is 0 Å². The molecular formula is C62H68O8Si. The zero-order valence-electron chi connectivity index (χ0n) is 42.0. The van der Waals surface area contributed by atoms with Crippen molar-refractivity contribution in [2.24, 2.45) is 23.7 Å². The summed E-state index contributed by atoms with van der Waals surface area (Å²) >= 11 is 0. The number of benzene rings is 4. The minimum absolute atomic E-state index is 0.0715. The van der Waals surface area contributed by atoms with E-state index in [9.17, 15) is 19.2 Å². The van der Waals surface area contributed by atoms with Gasteiger partial charge in [0, 0.05) is 40.7 Å². The molecule has 4 aromatic rings. The molecule has 0 amide bonds. The van der Waals surface area contributed by atoms with E-state index in [-0.39, 0.29) is 29.7 Å². The fourth-order valence-electron chi connectivity index (χ4n) is 9.90. The third-order valence-corrected chi connectivity index (χ3v) is 14.8. The summed E-state index contributed by atoms with van der Waals surface area (Å²) in [7, 11) is -1.45. The average molecular weight is 969 g/mol. The van der Waals surface area contributed by atoms with Crippen LogP contribution in [0.3, 0.4) is 0 Å². The van der Waals surface area contributed by atoms with Crippen LogP contribution in [0.2, 0.25) is 19.6 Å². The van der Waals surface area contributed by atoms with E-state index in [2.05, 4.69) is 92.6 Å². The van der Waals surface area contributed by atoms with E-state index in [0.29, 0.717) is 68.5 Å². The maximum Gasteiger partial charge on any atom is 0.339 e. The first-order chi connectivity index (χ1) is 34.3. The highest BCUT2D eigenvalue weighted by Gasteiger charge is 2.57. The van der Waals surface area contributed by atoms with Gasteiger partial charge in [-0.15, -0.1) is 5.54 Å². The van der Waals surface area contributed by atoms with Crippen molar-refractivity contribution in [3.63, 3.8) is 0 Å². The first kappa shape index (κ1) is 52.2. The molecule has 4 atom stereocenters. The lowest BCUT2D eigenvalue weighted by molar-refractivity contribution is -0.152. The number of carbonyl (C=O) groups is 4. The summed E-state index contributed by atoms with van der Waals surface area (Å²) in [5.41, 5.74) is 9.15. The Morgan fingerprint density at radius 1 is 0.662 bits per heavy atom. The summed E-state index contributed by atoms with van der Waals surface area (Å²) in [6, 6.07) is 31.6. The number of carbonyl (C=O) groups excluding carboxylic acids is 4. The Balaban J connectivity index is 0.948. The van der Waals surface area contributed by atoms with E-state index in [1.807, 2.05) is 48.5 Å². The molecule has 0 heterocycles. The molecule has 368 valence electrons. The summed E-state index contributed by atoms with van der Waals surface area (Å²) in [5.74, 6) is 15.8. The normalized spacial score (nSPS) is 20.9. The molecule has 0 aromatic heterocycles. The predicted molar refractivity (Wildman–Crippen MR) is 281 cm³/mol. The molecule has 71 heavy (non-hydrogen) atoms. The number of rotatable bonds is 17. The quantitative estimate of drug-likeness (QED) is 0.0196. The number of aryl methyl sites for hydroxylation is 1.